The lowest BCUT2D eigenvalue weighted by molar-refractivity contribution is 0.102. The van der Waals surface area contributed by atoms with E-state index in [9.17, 15) is 9.18 Å². The molecule has 2 N–H and O–H groups in total. The predicted molar refractivity (Wildman–Crippen MR) is 78.4 cm³/mol. The Hall–Kier alpha value is -1.44. The van der Waals surface area contributed by atoms with E-state index < -0.39 is 11.7 Å². The van der Waals surface area contributed by atoms with Crippen LogP contribution in [0.25, 0.3) is 0 Å². The second kappa shape index (κ2) is 6.34. The molecule has 0 aliphatic heterocycles. The van der Waals surface area contributed by atoms with Crippen LogP contribution in [-0.4, -0.2) is 22.6 Å². The van der Waals surface area contributed by atoms with Gasteiger partial charge in [0.2, 0.25) is 10.1 Å². The zero-order valence-electron chi connectivity index (χ0n) is 10.2. The second-order valence-corrected chi connectivity index (χ2v) is 5.43. The quantitative estimate of drug-likeness (QED) is 0.895. The molecule has 1 aromatic carbocycles. The third-order valence-electron chi connectivity index (χ3n) is 2.19. The third kappa shape index (κ3) is 3.36. The Morgan fingerprint density at radius 3 is 2.60 bits per heavy atom. The first kappa shape index (κ1) is 15.0. The third-order valence-corrected chi connectivity index (χ3v) is 3.67. The van der Waals surface area contributed by atoms with Gasteiger partial charge in [-0.25, -0.2) is 4.39 Å². The molecule has 5 nitrogen and oxygen atoms in total. The number of benzene rings is 1. The number of carbonyl (C=O) groups is 1. The van der Waals surface area contributed by atoms with Gasteiger partial charge in [0.15, 0.2) is 0 Å². The van der Waals surface area contributed by atoms with Crippen molar-refractivity contribution in [2.24, 2.45) is 0 Å². The van der Waals surface area contributed by atoms with Crippen molar-refractivity contribution in [3.63, 3.8) is 0 Å². The van der Waals surface area contributed by atoms with E-state index in [1.165, 1.54) is 0 Å². The Bertz CT molecular complexity index is 626. The number of nitrogens with one attached hydrogen (secondary N) is 2. The van der Waals surface area contributed by atoms with Crippen molar-refractivity contribution < 1.29 is 9.18 Å². The minimum atomic E-state index is -0.580. The summed E-state index contributed by atoms with van der Waals surface area (Å²) in [5.41, 5.74) is 0.139. The van der Waals surface area contributed by atoms with Crippen LogP contribution in [0, 0.1) is 5.82 Å². The van der Waals surface area contributed by atoms with Gasteiger partial charge in [0.05, 0.1) is 15.7 Å². The molecule has 1 aromatic heterocycles. The lowest BCUT2D eigenvalue weighted by atomic mass is 10.3. The lowest BCUT2D eigenvalue weighted by Gasteiger charge is -2.07. The summed E-state index contributed by atoms with van der Waals surface area (Å²) >= 11 is 12.8. The molecule has 1 amide bonds. The first-order chi connectivity index (χ1) is 9.51. The number of anilines is 2. The number of nitrogens with zero attached hydrogens (tertiary/aromatic N) is 2. The molecule has 2 aromatic rings. The van der Waals surface area contributed by atoms with Gasteiger partial charge in [0.25, 0.3) is 5.91 Å². The molecule has 0 spiro atoms. The summed E-state index contributed by atoms with van der Waals surface area (Å²) in [6, 6.07) is 2.13. The average molecular weight is 335 g/mol. The smallest absolute Gasteiger partial charge is 0.286 e. The van der Waals surface area contributed by atoms with Gasteiger partial charge in [0, 0.05) is 6.54 Å². The molecular weight excluding hydrogens is 326 g/mol. The Labute approximate surface area is 128 Å². The number of aromatic nitrogens is 2. The summed E-state index contributed by atoms with van der Waals surface area (Å²) in [5.74, 6) is -1.09. The fourth-order valence-electron chi connectivity index (χ4n) is 1.37. The van der Waals surface area contributed by atoms with Crippen LogP contribution in [0.4, 0.5) is 15.2 Å². The molecule has 2 rings (SSSR count). The van der Waals surface area contributed by atoms with Crippen LogP contribution in [0.5, 0.6) is 0 Å². The van der Waals surface area contributed by atoms with Gasteiger partial charge in [-0.15, -0.1) is 10.2 Å². The van der Waals surface area contributed by atoms with Crippen LogP contribution in [-0.2, 0) is 0 Å². The van der Waals surface area contributed by atoms with Crippen LogP contribution in [0.3, 0.4) is 0 Å². The molecule has 0 saturated carbocycles. The molecule has 1 heterocycles. The van der Waals surface area contributed by atoms with E-state index in [0.29, 0.717) is 11.7 Å². The molecule has 0 atom stereocenters. The van der Waals surface area contributed by atoms with Gasteiger partial charge in [-0.2, -0.15) is 0 Å². The molecule has 0 radical (unpaired) electrons. The predicted octanol–water partition coefficient (Wildman–Crippen LogP) is 3.67. The number of halogens is 3. The van der Waals surface area contributed by atoms with Crippen LogP contribution < -0.4 is 10.6 Å². The van der Waals surface area contributed by atoms with E-state index in [2.05, 4.69) is 20.8 Å². The standard InChI is InChI=1S/C11H9Cl2FN4OS/c1-2-15-11-18-17-10(20-11)9(19)16-8-6(12)3-5(14)4-7(8)13/h3-4H,2H2,1H3,(H,15,18)(H,16,19). The van der Waals surface area contributed by atoms with Gasteiger partial charge in [-0.3, -0.25) is 4.79 Å². The highest BCUT2D eigenvalue weighted by Gasteiger charge is 2.16. The molecule has 0 unspecified atom stereocenters. The van der Waals surface area contributed by atoms with Crippen LogP contribution >= 0.6 is 34.5 Å². The topological polar surface area (TPSA) is 66.9 Å². The Morgan fingerprint density at radius 2 is 2.00 bits per heavy atom. The van der Waals surface area contributed by atoms with Gasteiger partial charge in [-0.05, 0) is 19.1 Å². The van der Waals surface area contributed by atoms with Crippen molar-refractivity contribution in [3.8, 4) is 0 Å². The summed E-state index contributed by atoms with van der Waals surface area (Å²) in [5, 5.41) is 13.7. The summed E-state index contributed by atoms with van der Waals surface area (Å²) in [6.07, 6.45) is 0. The molecular formula is C11H9Cl2FN4OS. The molecule has 9 heteroatoms. The maximum absolute atomic E-state index is 13.0. The van der Waals surface area contributed by atoms with E-state index in [1.54, 1.807) is 0 Å². The summed E-state index contributed by atoms with van der Waals surface area (Å²) in [7, 11) is 0. The lowest BCUT2D eigenvalue weighted by Crippen LogP contribution is -2.12. The number of carbonyl (C=O) groups excluding carboxylic acids is 1. The Balaban J connectivity index is 2.19. The van der Waals surface area contributed by atoms with Crippen molar-refractivity contribution in [1.29, 1.82) is 0 Å². The zero-order chi connectivity index (χ0) is 14.7. The van der Waals surface area contributed by atoms with E-state index in [0.717, 1.165) is 23.5 Å². The highest BCUT2D eigenvalue weighted by atomic mass is 35.5. The fourth-order valence-corrected chi connectivity index (χ4v) is 2.63. The minimum absolute atomic E-state index is 0.0137. The minimum Gasteiger partial charge on any atom is -0.360 e. The molecule has 0 bridgehead atoms. The number of hydrogen-bond acceptors (Lipinski definition) is 5. The SMILES string of the molecule is CCNc1nnc(C(=O)Nc2c(Cl)cc(F)cc2Cl)s1. The van der Waals surface area contributed by atoms with E-state index in [4.69, 9.17) is 23.2 Å². The second-order valence-electron chi connectivity index (χ2n) is 3.64. The molecule has 20 heavy (non-hydrogen) atoms. The molecule has 0 aliphatic carbocycles. The molecule has 106 valence electrons. The molecule has 0 aliphatic rings. The van der Waals surface area contributed by atoms with Crippen molar-refractivity contribution in [2.45, 2.75) is 6.92 Å². The summed E-state index contributed by atoms with van der Waals surface area (Å²) in [6.45, 7) is 2.57. The van der Waals surface area contributed by atoms with Crippen molar-refractivity contribution in [2.75, 3.05) is 17.2 Å². The van der Waals surface area contributed by atoms with E-state index in [-0.39, 0.29) is 20.7 Å². The van der Waals surface area contributed by atoms with E-state index in [1.807, 2.05) is 6.92 Å². The van der Waals surface area contributed by atoms with Crippen LogP contribution in [0.15, 0.2) is 12.1 Å². The van der Waals surface area contributed by atoms with Gasteiger partial charge in [-0.1, -0.05) is 34.5 Å². The summed E-state index contributed by atoms with van der Waals surface area (Å²) in [4.78, 5) is 12.0. The fraction of sp³-hybridized carbons (Fsp3) is 0.182. The highest BCUT2D eigenvalue weighted by Crippen LogP contribution is 2.32. The van der Waals surface area contributed by atoms with Gasteiger partial charge >= 0.3 is 0 Å². The van der Waals surface area contributed by atoms with Crippen molar-refractivity contribution >= 4 is 51.3 Å². The van der Waals surface area contributed by atoms with Gasteiger partial charge in [0.1, 0.15) is 5.82 Å². The summed E-state index contributed by atoms with van der Waals surface area (Å²) < 4.78 is 13.0. The largest absolute Gasteiger partial charge is 0.360 e. The highest BCUT2D eigenvalue weighted by molar-refractivity contribution is 7.17. The monoisotopic (exact) mass is 334 g/mol. The van der Waals surface area contributed by atoms with Crippen LogP contribution in [0.2, 0.25) is 10.0 Å². The van der Waals surface area contributed by atoms with Crippen molar-refractivity contribution in [1.82, 2.24) is 10.2 Å². The van der Waals surface area contributed by atoms with Crippen molar-refractivity contribution in [3.05, 3.63) is 33.0 Å². The maximum atomic E-state index is 13.0. The first-order valence-electron chi connectivity index (χ1n) is 5.54. The normalized spacial score (nSPS) is 10.4. The Morgan fingerprint density at radius 1 is 1.35 bits per heavy atom. The number of rotatable bonds is 4. The Kier molecular flexibility index (Phi) is 4.74. The van der Waals surface area contributed by atoms with Crippen LogP contribution in [0.1, 0.15) is 16.7 Å². The number of amides is 1. The number of hydrogen-bond donors (Lipinski definition) is 2. The van der Waals surface area contributed by atoms with E-state index >= 15 is 0 Å². The van der Waals surface area contributed by atoms with Gasteiger partial charge < -0.3 is 10.6 Å². The molecule has 0 saturated heterocycles. The molecule has 0 fully saturated rings. The average Bonchev–Trinajstić information content (AvgIpc) is 2.82. The zero-order valence-corrected chi connectivity index (χ0v) is 12.5. The first-order valence-corrected chi connectivity index (χ1v) is 7.11. The maximum Gasteiger partial charge on any atom is 0.286 e.